The third-order valence-electron chi connectivity index (χ3n) is 7.30. The maximum Gasteiger partial charge on any atom is 0.298 e. The molecule has 0 heterocycles. The predicted octanol–water partition coefficient (Wildman–Crippen LogP) is 8.65. The fourth-order valence-electron chi connectivity index (χ4n) is 5.16. The minimum absolute atomic E-state index is 0.177. The number of phenolic OH excluding ortho intramolecular Hbond substituents is 1. The zero-order chi connectivity index (χ0) is 26.7. The van der Waals surface area contributed by atoms with Crippen LogP contribution in [-0.4, -0.2) is 18.1 Å². The number of phenols is 1. The van der Waals surface area contributed by atoms with Crippen LogP contribution in [0.1, 0.15) is 106 Å². The summed E-state index contributed by atoms with van der Waals surface area (Å²) in [5.41, 5.74) is 3.58. The molecule has 4 nitrogen and oxygen atoms in total. The van der Waals surface area contributed by atoms with E-state index in [4.69, 9.17) is 0 Å². The average molecular weight is 523 g/mol. The van der Waals surface area contributed by atoms with E-state index < -0.39 is 15.0 Å². The van der Waals surface area contributed by atoms with Crippen LogP contribution in [0, 0.1) is 0 Å². The van der Waals surface area contributed by atoms with Crippen LogP contribution in [0.3, 0.4) is 0 Å². The summed E-state index contributed by atoms with van der Waals surface area (Å²) in [6, 6.07) is 23.5. The van der Waals surface area contributed by atoms with Crippen LogP contribution in [0.4, 0.5) is 0 Å². The van der Waals surface area contributed by atoms with Gasteiger partial charge >= 0.3 is 0 Å². The van der Waals surface area contributed by atoms with Gasteiger partial charge in [0.05, 0.1) is 0 Å². The minimum atomic E-state index is -4.57. The Kier molecular flexibility index (Phi) is 11.2. The first-order valence-electron chi connectivity index (χ1n) is 13.7. The van der Waals surface area contributed by atoms with Crippen molar-refractivity contribution in [2.45, 2.75) is 94.8 Å². The van der Waals surface area contributed by atoms with Gasteiger partial charge in [0.25, 0.3) is 10.1 Å². The molecule has 0 aliphatic carbocycles. The fourth-order valence-corrected chi connectivity index (χ4v) is 5.82. The zero-order valence-corrected chi connectivity index (χ0v) is 23.1. The normalized spacial score (nSPS) is 13.4. The summed E-state index contributed by atoms with van der Waals surface area (Å²) in [4.78, 5) is -0.395. The van der Waals surface area contributed by atoms with Gasteiger partial charge in [-0.3, -0.25) is 4.55 Å². The van der Waals surface area contributed by atoms with Gasteiger partial charge in [0.1, 0.15) is 10.6 Å². The number of aryl methyl sites for hydroxylation is 1. The smallest absolute Gasteiger partial charge is 0.298 e. The van der Waals surface area contributed by atoms with E-state index in [1.54, 1.807) is 0 Å². The molecule has 0 amide bonds. The molecule has 0 spiro atoms. The summed E-state index contributed by atoms with van der Waals surface area (Å²) < 4.78 is 34.5. The topological polar surface area (TPSA) is 74.6 Å². The number of rotatable bonds is 15. The SMILES string of the molecule is CCCCCCCCCCc1cc(C(CC(C)c2ccccc2)c2ccccc2)c(O)c(S(=O)(=O)O)c1. The van der Waals surface area contributed by atoms with Crippen molar-refractivity contribution in [2.24, 2.45) is 0 Å². The Balaban J connectivity index is 1.89. The fraction of sp³-hybridized carbons (Fsp3) is 0.438. The maximum absolute atomic E-state index is 12.3. The molecule has 0 aliphatic heterocycles. The van der Waals surface area contributed by atoms with Crippen LogP contribution < -0.4 is 0 Å². The molecule has 0 aromatic heterocycles. The third kappa shape index (κ3) is 8.72. The molecule has 0 saturated carbocycles. The van der Waals surface area contributed by atoms with E-state index in [2.05, 4.69) is 26.0 Å². The van der Waals surface area contributed by atoms with Gasteiger partial charge in [-0.25, -0.2) is 0 Å². The molecule has 2 N–H and O–H groups in total. The first kappa shape index (κ1) is 28.9. The number of benzene rings is 3. The lowest BCUT2D eigenvalue weighted by Crippen LogP contribution is -2.10. The van der Waals surface area contributed by atoms with Crippen molar-refractivity contribution < 1.29 is 18.1 Å². The van der Waals surface area contributed by atoms with Crippen LogP contribution in [0.25, 0.3) is 0 Å². The minimum Gasteiger partial charge on any atom is -0.506 e. The monoisotopic (exact) mass is 522 g/mol. The average Bonchev–Trinajstić information content (AvgIpc) is 2.90. The molecule has 2 atom stereocenters. The molecular weight excluding hydrogens is 480 g/mol. The number of unbranched alkanes of at least 4 members (excludes halogenated alkanes) is 7. The van der Waals surface area contributed by atoms with E-state index in [0.29, 0.717) is 18.4 Å². The van der Waals surface area contributed by atoms with Gasteiger partial charge in [0.15, 0.2) is 0 Å². The molecular formula is C32H42O4S. The first-order chi connectivity index (χ1) is 17.8. The van der Waals surface area contributed by atoms with Crippen LogP contribution in [0.5, 0.6) is 5.75 Å². The quantitative estimate of drug-likeness (QED) is 0.155. The largest absolute Gasteiger partial charge is 0.506 e. The highest BCUT2D eigenvalue weighted by atomic mass is 32.2. The summed E-state index contributed by atoms with van der Waals surface area (Å²) in [5.74, 6) is -0.400. The highest BCUT2D eigenvalue weighted by Gasteiger charge is 2.27. The Labute approximate surface area is 223 Å². The molecule has 3 rings (SSSR count). The van der Waals surface area contributed by atoms with Gasteiger partial charge < -0.3 is 5.11 Å². The van der Waals surface area contributed by atoms with Crippen LogP contribution >= 0.6 is 0 Å². The summed E-state index contributed by atoms with van der Waals surface area (Å²) in [7, 11) is -4.57. The van der Waals surface area contributed by atoms with Crippen molar-refractivity contribution >= 4 is 10.1 Å². The number of aromatic hydroxyl groups is 1. The molecule has 0 radical (unpaired) electrons. The summed E-state index contributed by atoms with van der Waals surface area (Å²) in [6.45, 7) is 4.37. The molecule has 3 aromatic rings. The zero-order valence-electron chi connectivity index (χ0n) is 22.3. The Bertz CT molecular complexity index is 1190. The van der Waals surface area contributed by atoms with E-state index in [9.17, 15) is 18.1 Å². The van der Waals surface area contributed by atoms with Gasteiger partial charge in [-0.05, 0) is 47.9 Å². The van der Waals surface area contributed by atoms with Gasteiger partial charge in [-0.1, -0.05) is 126 Å². The highest BCUT2D eigenvalue weighted by molar-refractivity contribution is 7.86. The number of hydrogen-bond acceptors (Lipinski definition) is 3. The van der Waals surface area contributed by atoms with Crippen molar-refractivity contribution in [1.82, 2.24) is 0 Å². The van der Waals surface area contributed by atoms with Crippen molar-refractivity contribution in [3.63, 3.8) is 0 Å². The third-order valence-corrected chi connectivity index (χ3v) is 8.16. The lowest BCUT2D eigenvalue weighted by Gasteiger charge is -2.25. The molecule has 0 bridgehead atoms. The Morgan fingerprint density at radius 2 is 1.30 bits per heavy atom. The second-order valence-electron chi connectivity index (χ2n) is 10.2. The predicted molar refractivity (Wildman–Crippen MR) is 152 cm³/mol. The lowest BCUT2D eigenvalue weighted by atomic mass is 9.81. The van der Waals surface area contributed by atoms with E-state index in [1.807, 2.05) is 54.6 Å². The van der Waals surface area contributed by atoms with E-state index in [0.717, 1.165) is 24.0 Å². The maximum atomic E-state index is 12.3. The van der Waals surface area contributed by atoms with Crippen molar-refractivity contribution in [1.29, 1.82) is 0 Å². The summed E-state index contributed by atoms with van der Waals surface area (Å²) in [5, 5.41) is 11.1. The van der Waals surface area contributed by atoms with Gasteiger partial charge in [-0.15, -0.1) is 0 Å². The molecule has 37 heavy (non-hydrogen) atoms. The van der Waals surface area contributed by atoms with E-state index in [1.165, 1.54) is 50.2 Å². The Hall–Kier alpha value is -2.63. The second-order valence-corrected chi connectivity index (χ2v) is 11.6. The molecule has 0 fully saturated rings. The summed E-state index contributed by atoms with van der Waals surface area (Å²) in [6.07, 6.45) is 10.9. The van der Waals surface area contributed by atoms with Crippen molar-refractivity contribution in [2.75, 3.05) is 0 Å². The molecule has 3 aromatic carbocycles. The van der Waals surface area contributed by atoms with Gasteiger partial charge in [-0.2, -0.15) is 8.42 Å². The Morgan fingerprint density at radius 1 is 0.757 bits per heavy atom. The summed E-state index contributed by atoms with van der Waals surface area (Å²) >= 11 is 0. The van der Waals surface area contributed by atoms with Crippen LogP contribution in [-0.2, 0) is 16.5 Å². The standard InChI is InChI=1S/C32H42O4S/c1-3-4-5-6-7-8-9-12-17-26-23-30(32(33)31(24-26)37(34,35)36)29(28-20-15-11-16-21-28)22-25(2)27-18-13-10-14-19-27/h10-11,13-16,18-21,23-25,29,33H,3-9,12,17,22H2,1-2H3,(H,34,35,36). The van der Waals surface area contributed by atoms with Crippen LogP contribution in [0.15, 0.2) is 77.7 Å². The number of hydrogen-bond donors (Lipinski definition) is 2. The van der Waals surface area contributed by atoms with Gasteiger partial charge in [0, 0.05) is 11.5 Å². The van der Waals surface area contributed by atoms with Gasteiger partial charge in [0.2, 0.25) is 0 Å². The van der Waals surface area contributed by atoms with E-state index in [-0.39, 0.29) is 17.6 Å². The van der Waals surface area contributed by atoms with Crippen molar-refractivity contribution in [3.8, 4) is 5.75 Å². The van der Waals surface area contributed by atoms with Crippen LogP contribution in [0.2, 0.25) is 0 Å². The molecule has 2 unspecified atom stereocenters. The molecule has 0 saturated heterocycles. The molecule has 5 heteroatoms. The highest BCUT2D eigenvalue weighted by Crippen LogP contribution is 2.42. The Morgan fingerprint density at radius 3 is 1.86 bits per heavy atom. The second kappa shape index (κ2) is 14.3. The molecule has 200 valence electrons. The molecule has 0 aliphatic rings. The van der Waals surface area contributed by atoms with E-state index >= 15 is 0 Å². The van der Waals surface area contributed by atoms with Crippen molar-refractivity contribution in [3.05, 3.63) is 95.1 Å². The lowest BCUT2D eigenvalue weighted by molar-refractivity contribution is 0.432. The first-order valence-corrected chi connectivity index (χ1v) is 15.2.